The second kappa shape index (κ2) is 12.4. The van der Waals surface area contributed by atoms with Gasteiger partial charge < -0.3 is 24.3 Å². The molecule has 0 unspecified atom stereocenters. The van der Waals surface area contributed by atoms with Crippen molar-refractivity contribution in [2.75, 3.05) is 24.4 Å². The molecule has 0 atom stereocenters. The van der Waals surface area contributed by atoms with Crippen LogP contribution in [0.25, 0.3) is 6.08 Å². The van der Waals surface area contributed by atoms with Gasteiger partial charge in [-0.15, -0.1) is 0 Å². The number of methoxy groups -OCH3 is 1. The van der Waals surface area contributed by atoms with Crippen molar-refractivity contribution in [2.24, 2.45) is 0 Å². The SMILES string of the molecule is CCOc1cc(/C=C(\C#N)C(=O)Nc2ccc(NC(C)=O)cc2)ccc1OS(=O)(=O)c1ccc(OC)cc1. The topological polar surface area (TPSA) is 144 Å². The van der Waals surface area contributed by atoms with Crippen LogP contribution >= 0.6 is 0 Å². The van der Waals surface area contributed by atoms with Gasteiger partial charge >= 0.3 is 10.1 Å². The smallest absolute Gasteiger partial charge is 0.339 e. The van der Waals surface area contributed by atoms with Crippen molar-refractivity contribution < 1.29 is 31.7 Å². The number of rotatable bonds is 10. The van der Waals surface area contributed by atoms with E-state index in [4.69, 9.17) is 13.7 Å². The first kappa shape index (κ1) is 27.8. The minimum Gasteiger partial charge on any atom is -0.497 e. The molecule has 0 saturated heterocycles. The summed E-state index contributed by atoms with van der Waals surface area (Å²) in [5.74, 6) is -0.320. The highest BCUT2D eigenvalue weighted by molar-refractivity contribution is 7.87. The normalized spacial score (nSPS) is 11.2. The van der Waals surface area contributed by atoms with Gasteiger partial charge in [0.05, 0.1) is 13.7 Å². The zero-order chi connectivity index (χ0) is 27.7. The van der Waals surface area contributed by atoms with E-state index in [0.29, 0.717) is 22.7 Å². The van der Waals surface area contributed by atoms with E-state index in [1.54, 1.807) is 31.2 Å². The lowest BCUT2D eigenvalue weighted by atomic mass is 10.1. The molecule has 0 fully saturated rings. The summed E-state index contributed by atoms with van der Waals surface area (Å²) in [6.07, 6.45) is 1.34. The number of carbonyl (C=O) groups excluding carboxylic acids is 2. The van der Waals surface area contributed by atoms with Crippen LogP contribution in [0.3, 0.4) is 0 Å². The van der Waals surface area contributed by atoms with Gasteiger partial charge in [0.1, 0.15) is 22.3 Å². The molecule has 0 aliphatic rings. The number of nitriles is 1. The molecule has 38 heavy (non-hydrogen) atoms. The molecular weight excluding hydrogens is 510 g/mol. The van der Waals surface area contributed by atoms with Crippen molar-refractivity contribution in [2.45, 2.75) is 18.7 Å². The zero-order valence-electron chi connectivity index (χ0n) is 20.8. The Hall–Kier alpha value is -4.82. The summed E-state index contributed by atoms with van der Waals surface area (Å²) >= 11 is 0. The van der Waals surface area contributed by atoms with Crippen LogP contribution in [-0.4, -0.2) is 33.9 Å². The maximum absolute atomic E-state index is 12.8. The Morgan fingerprint density at radius 3 is 2.13 bits per heavy atom. The predicted octanol–water partition coefficient (Wildman–Crippen LogP) is 4.37. The van der Waals surface area contributed by atoms with Crippen molar-refractivity contribution in [1.29, 1.82) is 5.26 Å². The molecule has 0 aliphatic carbocycles. The minimum atomic E-state index is -4.17. The zero-order valence-corrected chi connectivity index (χ0v) is 21.7. The highest BCUT2D eigenvalue weighted by Gasteiger charge is 2.20. The molecule has 3 rings (SSSR count). The number of nitrogens with one attached hydrogen (secondary N) is 2. The summed E-state index contributed by atoms with van der Waals surface area (Å²) in [6, 6.07) is 18.3. The van der Waals surface area contributed by atoms with Crippen molar-refractivity contribution in [3.05, 3.63) is 77.9 Å². The third-order valence-corrected chi connectivity index (χ3v) is 6.20. The summed E-state index contributed by atoms with van der Waals surface area (Å²) in [6.45, 7) is 3.32. The van der Waals surface area contributed by atoms with Gasteiger partial charge in [-0.3, -0.25) is 9.59 Å². The van der Waals surface area contributed by atoms with Gasteiger partial charge in [-0.1, -0.05) is 6.07 Å². The number of hydrogen-bond donors (Lipinski definition) is 2. The molecule has 196 valence electrons. The van der Waals surface area contributed by atoms with Gasteiger partial charge in [0.15, 0.2) is 11.5 Å². The fourth-order valence-corrected chi connectivity index (χ4v) is 4.15. The molecule has 0 saturated carbocycles. The molecule has 0 aliphatic heterocycles. The van der Waals surface area contributed by atoms with Crippen LogP contribution < -0.4 is 24.3 Å². The number of carbonyl (C=O) groups is 2. The number of amides is 2. The average molecular weight is 536 g/mol. The quantitative estimate of drug-likeness (QED) is 0.221. The van der Waals surface area contributed by atoms with Crippen molar-refractivity contribution >= 4 is 39.4 Å². The van der Waals surface area contributed by atoms with Gasteiger partial charge in [-0.05, 0) is 79.2 Å². The maximum atomic E-state index is 12.8. The molecule has 2 amide bonds. The Balaban J connectivity index is 1.81. The largest absolute Gasteiger partial charge is 0.497 e. The first-order valence-electron chi connectivity index (χ1n) is 11.3. The summed E-state index contributed by atoms with van der Waals surface area (Å²) in [7, 11) is -2.70. The van der Waals surface area contributed by atoms with E-state index in [1.807, 2.05) is 6.07 Å². The molecule has 0 heterocycles. The second-order valence-electron chi connectivity index (χ2n) is 7.73. The lowest BCUT2D eigenvalue weighted by molar-refractivity contribution is -0.114. The Kier molecular flexibility index (Phi) is 9.08. The lowest BCUT2D eigenvalue weighted by Gasteiger charge is -2.13. The lowest BCUT2D eigenvalue weighted by Crippen LogP contribution is -2.13. The highest BCUT2D eigenvalue weighted by Crippen LogP contribution is 2.32. The monoisotopic (exact) mass is 535 g/mol. The molecule has 10 nitrogen and oxygen atoms in total. The van der Waals surface area contributed by atoms with Crippen LogP contribution in [0, 0.1) is 11.3 Å². The molecule has 2 N–H and O–H groups in total. The first-order chi connectivity index (χ1) is 18.1. The van der Waals surface area contributed by atoms with E-state index in [0.717, 1.165) is 0 Å². The number of benzene rings is 3. The number of ether oxygens (including phenoxy) is 2. The van der Waals surface area contributed by atoms with Crippen LogP contribution in [0.15, 0.2) is 77.2 Å². The average Bonchev–Trinajstić information content (AvgIpc) is 2.89. The van der Waals surface area contributed by atoms with Gasteiger partial charge in [-0.2, -0.15) is 13.7 Å². The summed E-state index contributed by atoms with van der Waals surface area (Å²) < 4.78 is 41.4. The molecular formula is C27H25N3O7S. The van der Waals surface area contributed by atoms with Crippen molar-refractivity contribution in [3.8, 4) is 23.3 Å². The van der Waals surface area contributed by atoms with E-state index in [2.05, 4.69) is 10.6 Å². The van der Waals surface area contributed by atoms with Crippen molar-refractivity contribution in [3.63, 3.8) is 0 Å². The van der Waals surface area contributed by atoms with Crippen LogP contribution in [-0.2, 0) is 19.7 Å². The Morgan fingerprint density at radius 2 is 1.58 bits per heavy atom. The van der Waals surface area contributed by atoms with Gasteiger partial charge in [0, 0.05) is 18.3 Å². The van der Waals surface area contributed by atoms with E-state index >= 15 is 0 Å². The molecule has 3 aromatic rings. The van der Waals surface area contributed by atoms with Crippen LogP contribution in [0.5, 0.6) is 17.2 Å². The van der Waals surface area contributed by atoms with E-state index < -0.39 is 16.0 Å². The second-order valence-corrected chi connectivity index (χ2v) is 9.28. The summed E-state index contributed by atoms with van der Waals surface area (Å²) in [4.78, 5) is 23.7. The standard InChI is InChI=1S/C27H25N3O7S/c1-4-36-26-16-19(5-14-25(26)37-38(33,34)24-12-10-23(35-3)11-13-24)15-20(17-28)27(32)30-22-8-6-21(7-9-22)29-18(2)31/h5-16H,4H2,1-3H3,(H,29,31)(H,30,32)/b20-15+. The fourth-order valence-electron chi connectivity index (χ4n) is 3.21. The number of nitrogens with zero attached hydrogens (tertiary/aromatic N) is 1. The molecule has 0 radical (unpaired) electrons. The van der Waals surface area contributed by atoms with Crippen LogP contribution in [0.2, 0.25) is 0 Å². The fraction of sp³-hybridized carbons (Fsp3) is 0.148. The molecule has 0 spiro atoms. The maximum Gasteiger partial charge on any atom is 0.339 e. The minimum absolute atomic E-state index is 0.0537. The summed E-state index contributed by atoms with van der Waals surface area (Å²) in [5.41, 5.74) is 1.20. The van der Waals surface area contributed by atoms with Crippen LogP contribution in [0.4, 0.5) is 11.4 Å². The molecule has 11 heteroatoms. The predicted molar refractivity (Wildman–Crippen MR) is 141 cm³/mol. The number of anilines is 2. The summed E-state index contributed by atoms with van der Waals surface area (Å²) in [5, 5.41) is 14.8. The Labute approximate surface area is 220 Å². The Bertz CT molecular complexity index is 1490. The van der Waals surface area contributed by atoms with Crippen molar-refractivity contribution in [1.82, 2.24) is 0 Å². The first-order valence-corrected chi connectivity index (χ1v) is 12.7. The Morgan fingerprint density at radius 1 is 0.947 bits per heavy atom. The van der Waals surface area contributed by atoms with E-state index in [9.17, 15) is 23.3 Å². The third-order valence-electron chi connectivity index (χ3n) is 4.95. The van der Waals surface area contributed by atoms with Gasteiger partial charge in [0.25, 0.3) is 5.91 Å². The molecule has 0 aromatic heterocycles. The van der Waals surface area contributed by atoms with Crippen LogP contribution in [0.1, 0.15) is 19.4 Å². The third kappa shape index (κ3) is 7.35. The highest BCUT2D eigenvalue weighted by atomic mass is 32.2. The molecule has 3 aromatic carbocycles. The molecule has 0 bridgehead atoms. The van der Waals surface area contributed by atoms with E-state index in [1.165, 1.54) is 62.6 Å². The van der Waals surface area contributed by atoms with Gasteiger partial charge in [0.2, 0.25) is 5.91 Å². The van der Waals surface area contributed by atoms with E-state index in [-0.39, 0.29) is 34.5 Å². The van der Waals surface area contributed by atoms with Gasteiger partial charge in [-0.25, -0.2) is 0 Å². The number of hydrogen-bond acceptors (Lipinski definition) is 8.